The van der Waals surface area contributed by atoms with Crippen molar-refractivity contribution in [2.45, 2.75) is 51.7 Å². The lowest BCUT2D eigenvalue weighted by Gasteiger charge is -2.36. The van der Waals surface area contributed by atoms with Gasteiger partial charge in [-0.05, 0) is 45.2 Å². The van der Waals surface area contributed by atoms with E-state index in [2.05, 4.69) is 48.6 Å². The smallest absolute Gasteiger partial charge is 0.129 e. The topological polar surface area (TPSA) is 28.2 Å². The van der Waals surface area contributed by atoms with Gasteiger partial charge in [0.2, 0.25) is 0 Å². The van der Waals surface area contributed by atoms with Crippen molar-refractivity contribution in [3.63, 3.8) is 0 Å². The van der Waals surface area contributed by atoms with Crippen LogP contribution in [0.5, 0.6) is 0 Å². The molecule has 1 aromatic heterocycles. The molecule has 1 aromatic rings. The van der Waals surface area contributed by atoms with E-state index < -0.39 is 0 Å². The van der Waals surface area contributed by atoms with E-state index in [1.165, 1.54) is 12.8 Å². The highest BCUT2D eigenvalue weighted by molar-refractivity contribution is 6.31. The molecule has 110 valence electrons. The summed E-state index contributed by atoms with van der Waals surface area (Å²) in [7, 11) is 0. The van der Waals surface area contributed by atoms with Gasteiger partial charge in [-0.15, -0.1) is 6.58 Å². The molecule has 3 nitrogen and oxygen atoms in total. The van der Waals surface area contributed by atoms with Crippen molar-refractivity contribution in [2.24, 2.45) is 0 Å². The Balaban J connectivity index is 2.20. The van der Waals surface area contributed by atoms with Crippen LogP contribution < -0.4 is 10.2 Å². The average molecular weight is 294 g/mol. The molecule has 0 bridgehead atoms. The van der Waals surface area contributed by atoms with E-state index in [9.17, 15) is 0 Å². The summed E-state index contributed by atoms with van der Waals surface area (Å²) in [4.78, 5) is 6.72. The summed E-state index contributed by atoms with van der Waals surface area (Å²) < 4.78 is 0. The summed E-state index contributed by atoms with van der Waals surface area (Å²) in [6.07, 6.45) is 6.21. The fourth-order valence-electron chi connectivity index (χ4n) is 2.13. The van der Waals surface area contributed by atoms with Crippen LogP contribution in [0.4, 0.5) is 5.82 Å². The van der Waals surface area contributed by atoms with Crippen molar-refractivity contribution in [3.05, 3.63) is 35.5 Å². The Labute approximate surface area is 127 Å². The number of halogens is 1. The van der Waals surface area contributed by atoms with Gasteiger partial charge in [0.25, 0.3) is 0 Å². The maximum absolute atomic E-state index is 6.25. The van der Waals surface area contributed by atoms with Gasteiger partial charge >= 0.3 is 0 Å². The van der Waals surface area contributed by atoms with Crippen LogP contribution in [0.1, 0.15) is 39.2 Å². The quantitative estimate of drug-likeness (QED) is 0.809. The summed E-state index contributed by atoms with van der Waals surface area (Å²) in [5.74, 6) is 0.953. The third-order valence-electron chi connectivity index (χ3n) is 3.48. The molecule has 1 fully saturated rings. The fraction of sp³-hybridized carbons (Fsp3) is 0.562. The van der Waals surface area contributed by atoms with Crippen LogP contribution in [0.3, 0.4) is 0 Å². The van der Waals surface area contributed by atoms with Gasteiger partial charge in [-0.25, -0.2) is 4.98 Å². The Morgan fingerprint density at radius 3 is 2.75 bits per heavy atom. The van der Waals surface area contributed by atoms with Crippen molar-refractivity contribution in [1.82, 2.24) is 10.3 Å². The minimum atomic E-state index is -0.00376. The molecule has 0 unspecified atom stereocenters. The van der Waals surface area contributed by atoms with Crippen molar-refractivity contribution in [1.29, 1.82) is 0 Å². The summed E-state index contributed by atoms with van der Waals surface area (Å²) in [6, 6.07) is 2.77. The highest BCUT2D eigenvalue weighted by Gasteiger charge is 2.23. The second-order valence-corrected chi connectivity index (χ2v) is 6.77. The summed E-state index contributed by atoms with van der Waals surface area (Å²) in [5.41, 5.74) is 1.11. The predicted octanol–water partition coefficient (Wildman–Crippen LogP) is 3.78. The fourth-order valence-corrected chi connectivity index (χ4v) is 2.30. The van der Waals surface area contributed by atoms with Crippen LogP contribution in [-0.4, -0.2) is 23.1 Å². The summed E-state index contributed by atoms with van der Waals surface area (Å²) in [6.45, 7) is 11.9. The number of hydrogen-bond donors (Lipinski definition) is 1. The number of nitrogens with zero attached hydrogens (tertiary/aromatic N) is 2. The highest BCUT2D eigenvalue weighted by Crippen LogP contribution is 2.27. The molecule has 0 saturated heterocycles. The molecule has 1 N–H and O–H groups in total. The van der Waals surface area contributed by atoms with E-state index >= 15 is 0 Å². The monoisotopic (exact) mass is 293 g/mol. The van der Waals surface area contributed by atoms with Crippen LogP contribution >= 0.6 is 11.6 Å². The van der Waals surface area contributed by atoms with Crippen molar-refractivity contribution < 1.29 is 0 Å². The van der Waals surface area contributed by atoms with Crippen LogP contribution in [0, 0.1) is 0 Å². The van der Waals surface area contributed by atoms with E-state index in [1.54, 1.807) is 6.20 Å². The lowest BCUT2D eigenvalue weighted by atomic mass is 10.1. The molecule has 1 saturated carbocycles. The zero-order valence-electron chi connectivity index (χ0n) is 12.6. The number of rotatable bonds is 6. The lowest BCUT2D eigenvalue weighted by molar-refractivity contribution is 0.517. The first-order valence-electron chi connectivity index (χ1n) is 7.18. The predicted molar refractivity (Wildman–Crippen MR) is 86.4 cm³/mol. The summed E-state index contributed by atoms with van der Waals surface area (Å²) in [5, 5.41) is 4.23. The first kappa shape index (κ1) is 15.3. The Hall–Kier alpha value is -1.06. The van der Waals surface area contributed by atoms with Gasteiger partial charge in [-0.2, -0.15) is 0 Å². The van der Waals surface area contributed by atoms with Gasteiger partial charge in [0, 0.05) is 30.9 Å². The largest absolute Gasteiger partial charge is 0.348 e. The molecule has 20 heavy (non-hydrogen) atoms. The Morgan fingerprint density at radius 2 is 2.20 bits per heavy atom. The zero-order valence-corrected chi connectivity index (χ0v) is 13.4. The molecule has 1 aliphatic carbocycles. The second-order valence-electron chi connectivity index (χ2n) is 6.36. The standard InChI is InChI=1S/C16H24ClN3/c1-5-8-20(16(2,3)4)15-9-12(14(17)11-19-15)10-18-13-6-7-13/h5,9,11,13,18H,1,6-8,10H2,2-4H3. The number of anilines is 1. The van der Waals surface area contributed by atoms with Gasteiger partial charge in [-0.3, -0.25) is 0 Å². The molecule has 0 atom stereocenters. The van der Waals surface area contributed by atoms with Gasteiger partial charge < -0.3 is 10.2 Å². The minimum absolute atomic E-state index is 0.00376. The number of hydrogen-bond acceptors (Lipinski definition) is 3. The highest BCUT2D eigenvalue weighted by atomic mass is 35.5. The molecular weight excluding hydrogens is 270 g/mol. The van der Waals surface area contributed by atoms with E-state index in [1.807, 2.05) is 6.08 Å². The molecule has 0 radical (unpaired) electrons. The molecule has 0 aliphatic heterocycles. The zero-order chi connectivity index (χ0) is 14.8. The molecule has 0 aromatic carbocycles. The van der Waals surface area contributed by atoms with Gasteiger partial charge in [-0.1, -0.05) is 17.7 Å². The van der Waals surface area contributed by atoms with Crippen LogP contribution in [0.15, 0.2) is 24.9 Å². The van der Waals surface area contributed by atoms with Gasteiger partial charge in [0.15, 0.2) is 0 Å². The third kappa shape index (κ3) is 3.97. The van der Waals surface area contributed by atoms with E-state index in [0.29, 0.717) is 6.04 Å². The van der Waals surface area contributed by atoms with Crippen molar-refractivity contribution >= 4 is 17.4 Å². The minimum Gasteiger partial charge on any atom is -0.348 e. The molecule has 0 amide bonds. The first-order chi connectivity index (χ1) is 9.41. The van der Waals surface area contributed by atoms with Gasteiger partial charge in [0.1, 0.15) is 5.82 Å². The normalized spacial score (nSPS) is 15.2. The molecule has 4 heteroatoms. The average Bonchev–Trinajstić information content (AvgIpc) is 3.18. The maximum atomic E-state index is 6.25. The number of nitrogens with one attached hydrogen (secondary N) is 1. The lowest BCUT2D eigenvalue weighted by Crippen LogP contribution is -2.42. The Kier molecular flexibility index (Phi) is 4.71. The SMILES string of the molecule is C=CCN(c1cc(CNC2CC2)c(Cl)cn1)C(C)(C)C. The van der Waals surface area contributed by atoms with E-state index in [-0.39, 0.29) is 5.54 Å². The number of pyridine rings is 1. The molecule has 1 aliphatic rings. The maximum Gasteiger partial charge on any atom is 0.129 e. The molecular formula is C16H24ClN3. The van der Waals surface area contributed by atoms with Crippen LogP contribution in [0.25, 0.3) is 0 Å². The third-order valence-corrected chi connectivity index (χ3v) is 3.82. The first-order valence-corrected chi connectivity index (χ1v) is 7.56. The van der Waals surface area contributed by atoms with Gasteiger partial charge in [0.05, 0.1) is 5.02 Å². The van der Waals surface area contributed by atoms with Crippen molar-refractivity contribution in [2.75, 3.05) is 11.4 Å². The van der Waals surface area contributed by atoms with Crippen LogP contribution in [0.2, 0.25) is 5.02 Å². The molecule has 1 heterocycles. The second kappa shape index (κ2) is 6.15. The summed E-state index contributed by atoms with van der Waals surface area (Å²) >= 11 is 6.25. The molecule has 0 spiro atoms. The van der Waals surface area contributed by atoms with E-state index in [0.717, 1.165) is 29.5 Å². The van der Waals surface area contributed by atoms with Crippen molar-refractivity contribution in [3.8, 4) is 0 Å². The van der Waals surface area contributed by atoms with Crippen LogP contribution in [-0.2, 0) is 6.54 Å². The number of aromatic nitrogens is 1. The van der Waals surface area contributed by atoms with E-state index in [4.69, 9.17) is 11.6 Å². The Bertz CT molecular complexity index is 475. The Morgan fingerprint density at radius 1 is 1.50 bits per heavy atom. The molecule has 2 rings (SSSR count).